The summed E-state index contributed by atoms with van der Waals surface area (Å²) in [5.41, 5.74) is 3.77. The van der Waals surface area contributed by atoms with E-state index >= 15 is 0 Å². The topological polar surface area (TPSA) is 58.6 Å². The van der Waals surface area contributed by atoms with Gasteiger partial charge in [0.2, 0.25) is 11.8 Å². The molecule has 3 aromatic rings. The Bertz CT molecular complexity index is 1060. The van der Waals surface area contributed by atoms with Gasteiger partial charge in [-0.05, 0) is 67.9 Å². The number of carbonyl (C=O) groups excluding carboxylic acids is 2. The lowest BCUT2D eigenvalue weighted by atomic mass is 10.1. The van der Waals surface area contributed by atoms with Crippen LogP contribution in [0.25, 0.3) is 0 Å². The molecule has 0 unspecified atom stereocenters. The quantitative estimate of drug-likeness (QED) is 0.649. The van der Waals surface area contributed by atoms with Crippen LogP contribution >= 0.6 is 0 Å². The highest BCUT2D eigenvalue weighted by Crippen LogP contribution is 2.27. The average molecular weight is 400 g/mol. The Hall–Kier alpha value is -3.60. The predicted molar refractivity (Wildman–Crippen MR) is 118 cm³/mol. The van der Waals surface area contributed by atoms with Gasteiger partial charge in [0, 0.05) is 24.3 Å². The van der Waals surface area contributed by atoms with Gasteiger partial charge in [0.25, 0.3) is 0 Å². The molecule has 1 fully saturated rings. The van der Waals surface area contributed by atoms with Crippen molar-refractivity contribution in [2.24, 2.45) is 5.92 Å². The minimum Gasteiger partial charge on any atom is -0.457 e. The van der Waals surface area contributed by atoms with Crippen molar-refractivity contribution in [3.8, 4) is 11.5 Å². The van der Waals surface area contributed by atoms with Crippen molar-refractivity contribution in [1.29, 1.82) is 0 Å². The van der Waals surface area contributed by atoms with Crippen LogP contribution in [0.3, 0.4) is 0 Å². The Balaban J connectivity index is 1.37. The molecule has 3 aromatic carbocycles. The van der Waals surface area contributed by atoms with E-state index in [0.29, 0.717) is 18.0 Å². The van der Waals surface area contributed by atoms with Crippen LogP contribution in [-0.2, 0) is 9.59 Å². The van der Waals surface area contributed by atoms with Gasteiger partial charge in [-0.2, -0.15) is 0 Å². The lowest BCUT2D eigenvalue weighted by Crippen LogP contribution is -2.28. The first kappa shape index (κ1) is 19.7. The molecule has 0 bridgehead atoms. The molecule has 1 heterocycles. The minimum absolute atomic E-state index is 0.0269. The molecule has 1 saturated heterocycles. The molecule has 1 atom stereocenters. The van der Waals surface area contributed by atoms with Crippen LogP contribution in [0.4, 0.5) is 11.4 Å². The zero-order valence-electron chi connectivity index (χ0n) is 17.1. The van der Waals surface area contributed by atoms with E-state index in [9.17, 15) is 9.59 Å². The van der Waals surface area contributed by atoms with E-state index in [1.54, 1.807) is 17.0 Å². The first-order valence-electron chi connectivity index (χ1n) is 10.0. The number of hydrogen-bond acceptors (Lipinski definition) is 3. The van der Waals surface area contributed by atoms with Crippen molar-refractivity contribution in [3.05, 3.63) is 83.9 Å². The fourth-order valence-corrected chi connectivity index (χ4v) is 3.52. The Morgan fingerprint density at radius 3 is 2.37 bits per heavy atom. The van der Waals surface area contributed by atoms with Gasteiger partial charge in [-0.1, -0.05) is 29.8 Å². The smallest absolute Gasteiger partial charge is 0.229 e. The Kier molecular flexibility index (Phi) is 5.53. The van der Waals surface area contributed by atoms with Crippen LogP contribution in [0.1, 0.15) is 17.5 Å². The number of nitrogens with one attached hydrogen (secondary N) is 1. The third-order valence-electron chi connectivity index (χ3n) is 5.19. The summed E-state index contributed by atoms with van der Waals surface area (Å²) >= 11 is 0. The number of rotatable bonds is 5. The third-order valence-corrected chi connectivity index (χ3v) is 5.19. The molecule has 1 aliphatic heterocycles. The Morgan fingerprint density at radius 2 is 1.67 bits per heavy atom. The molecule has 152 valence electrons. The molecule has 4 rings (SSSR count). The van der Waals surface area contributed by atoms with Crippen LogP contribution < -0.4 is 15.0 Å². The largest absolute Gasteiger partial charge is 0.457 e. The number of nitrogens with zero attached hydrogens (tertiary/aromatic N) is 1. The van der Waals surface area contributed by atoms with Crippen molar-refractivity contribution in [1.82, 2.24) is 0 Å². The van der Waals surface area contributed by atoms with E-state index in [1.165, 1.54) is 0 Å². The number of ether oxygens (including phenoxy) is 1. The summed E-state index contributed by atoms with van der Waals surface area (Å²) in [5.74, 6) is 0.917. The van der Waals surface area contributed by atoms with E-state index in [1.807, 2.05) is 74.5 Å². The maximum Gasteiger partial charge on any atom is 0.229 e. The molecule has 5 nitrogen and oxygen atoms in total. The molecule has 1 N–H and O–H groups in total. The van der Waals surface area contributed by atoms with Gasteiger partial charge >= 0.3 is 0 Å². The lowest BCUT2D eigenvalue weighted by molar-refractivity contribution is -0.122. The highest BCUT2D eigenvalue weighted by atomic mass is 16.5. The number of carbonyl (C=O) groups is 2. The van der Waals surface area contributed by atoms with Crippen molar-refractivity contribution in [2.75, 3.05) is 16.8 Å². The molecule has 0 aromatic heterocycles. The Labute approximate surface area is 176 Å². The number of hydrogen-bond donors (Lipinski definition) is 1. The number of anilines is 2. The predicted octanol–water partition coefficient (Wildman–Crippen LogP) is 5.09. The first-order chi connectivity index (χ1) is 14.5. The minimum atomic E-state index is -0.373. The standard InChI is InChI=1S/C25H24N2O3/c1-17-6-10-21(11-7-17)27-16-19(15-24(27)28)25(29)26-20-8-12-22(13-9-20)30-23-5-3-4-18(2)14-23/h3-14,19H,15-16H2,1-2H3,(H,26,29)/t19-/m1/s1. The van der Waals surface area contributed by atoms with Crippen molar-refractivity contribution in [3.63, 3.8) is 0 Å². The lowest BCUT2D eigenvalue weighted by Gasteiger charge is -2.17. The SMILES string of the molecule is Cc1ccc(N2C[C@H](C(=O)Nc3ccc(Oc4cccc(C)c4)cc3)CC2=O)cc1. The van der Waals surface area contributed by atoms with E-state index in [0.717, 1.165) is 22.6 Å². The molecule has 1 aliphatic rings. The molecule has 0 aliphatic carbocycles. The summed E-state index contributed by atoms with van der Waals surface area (Å²) in [5, 5.41) is 2.91. The second kappa shape index (κ2) is 8.41. The second-order valence-corrected chi connectivity index (χ2v) is 7.67. The summed E-state index contributed by atoms with van der Waals surface area (Å²) in [6, 6.07) is 22.8. The maximum absolute atomic E-state index is 12.7. The van der Waals surface area contributed by atoms with E-state index < -0.39 is 0 Å². The monoisotopic (exact) mass is 400 g/mol. The highest BCUT2D eigenvalue weighted by molar-refractivity contribution is 6.03. The second-order valence-electron chi connectivity index (χ2n) is 7.67. The Morgan fingerprint density at radius 1 is 0.933 bits per heavy atom. The van der Waals surface area contributed by atoms with Gasteiger partial charge in [-0.15, -0.1) is 0 Å². The van der Waals surface area contributed by atoms with Crippen LogP contribution in [0.5, 0.6) is 11.5 Å². The average Bonchev–Trinajstić information content (AvgIpc) is 3.12. The van der Waals surface area contributed by atoms with Gasteiger partial charge in [-0.25, -0.2) is 0 Å². The van der Waals surface area contributed by atoms with Crippen LogP contribution in [0.15, 0.2) is 72.8 Å². The van der Waals surface area contributed by atoms with Crippen molar-refractivity contribution >= 4 is 23.2 Å². The van der Waals surface area contributed by atoms with Gasteiger partial charge in [0.15, 0.2) is 0 Å². The molecular formula is C25H24N2O3. The fourth-order valence-electron chi connectivity index (χ4n) is 3.52. The zero-order valence-corrected chi connectivity index (χ0v) is 17.1. The normalized spacial score (nSPS) is 15.9. The number of benzene rings is 3. The molecule has 5 heteroatoms. The summed E-state index contributed by atoms with van der Waals surface area (Å²) < 4.78 is 5.84. The molecule has 0 spiro atoms. The fraction of sp³-hybridized carbons (Fsp3) is 0.200. The van der Waals surface area contributed by atoms with E-state index in [-0.39, 0.29) is 24.2 Å². The van der Waals surface area contributed by atoms with Crippen molar-refractivity contribution in [2.45, 2.75) is 20.3 Å². The van der Waals surface area contributed by atoms with E-state index in [2.05, 4.69) is 5.32 Å². The van der Waals surface area contributed by atoms with Gasteiger partial charge in [0.1, 0.15) is 11.5 Å². The first-order valence-corrected chi connectivity index (χ1v) is 10.0. The molecule has 0 radical (unpaired) electrons. The zero-order chi connectivity index (χ0) is 21.1. The van der Waals surface area contributed by atoms with Gasteiger partial charge in [0.05, 0.1) is 5.92 Å². The summed E-state index contributed by atoms with van der Waals surface area (Å²) in [6.45, 7) is 4.41. The van der Waals surface area contributed by atoms with Gasteiger partial charge < -0.3 is 15.0 Å². The summed E-state index contributed by atoms with van der Waals surface area (Å²) in [4.78, 5) is 26.8. The van der Waals surface area contributed by atoms with Crippen LogP contribution in [0, 0.1) is 19.8 Å². The molecule has 0 saturated carbocycles. The molecular weight excluding hydrogens is 376 g/mol. The maximum atomic E-state index is 12.7. The number of amides is 2. The summed E-state index contributed by atoms with van der Waals surface area (Å²) in [6.07, 6.45) is 0.217. The van der Waals surface area contributed by atoms with Crippen molar-refractivity contribution < 1.29 is 14.3 Å². The van der Waals surface area contributed by atoms with E-state index in [4.69, 9.17) is 4.74 Å². The van der Waals surface area contributed by atoms with Crippen LogP contribution in [0.2, 0.25) is 0 Å². The van der Waals surface area contributed by atoms with Gasteiger partial charge in [-0.3, -0.25) is 9.59 Å². The van der Waals surface area contributed by atoms with Crippen LogP contribution in [-0.4, -0.2) is 18.4 Å². The molecule has 30 heavy (non-hydrogen) atoms. The molecule has 2 amide bonds. The third kappa shape index (κ3) is 4.51. The highest BCUT2D eigenvalue weighted by Gasteiger charge is 2.35. The number of aryl methyl sites for hydroxylation is 2. The summed E-state index contributed by atoms with van der Waals surface area (Å²) in [7, 11) is 0.